The van der Waals surface area contributed by atoms with Gasteiger partial charge in [0, 0.05) is 17.7 Å². The minimum absolute atomic E-state index is 0.0737. The van der Waals surface area contributed by atoms with Gasteiger partial charge < -0.3 is 19.5 Å². The van der Waals surface area contributed by atoms with Crippen LogP contribution in [-0.2, 0) is 9.59 Å². The fourth-order valence-electron chi connectivity index (χ4n) is 3.97. The molecule has 1 N–H and O–H groups in total. The van der Waals surface area contributed by atoms with E-state index in [0.717, 1.165) is 19.3 Å². The molecule has 1 atom stereocenters. The van der Waals surface area contributed by atoms with E-state index in [4.69, 9.17) is 9.47 Å². The number of methoxy groups -OCH3 is 1. The van der Waals surface area contributed by atoms with Gasteiger partial charge in [-0.15, -0.1) is 0 Å². The van der Waals surface area contributed by atoms with E-state index < -0.39 is 17.7 Å². The van der Waals surface area contributed by atoms with Crippen LogP contribution in [0.25, 0.3) is 5.76 Å². The summed E-state index contributed by atoms with van der Waals surface area (Å²) in [5.74, 6) is -0.241. The number of aliphatic hydroxyl groups excluding tert-OH is 1. The Hall–Kier alpha value is -3.28. The SMILES string of the molecule is CCCCCOc1ccc(/C(O)=C2/C(=O)C(=O)N(CCC)C2c2ccccc2OC)cc1. The predicted molar refractivity (Wildman–Crippen MR) is 124 cm³/mol. The van der Waals surface area contributed by atoms with Gasteiger partial charge in [-0.3, -0.25) is 9.59 Å². The van der Waals surface area contributed by atoms with Crippen molar-refractivity contribution in [2.75, 3.05) is 20.3 Å². The Kier molecular flexibility index (Phi) is 7.92. The minimum Gasteiger partial charge on any atom is -0.507 e. The van der Waals surface area contributed by atoms with Crippen LogP contribution in [0.5, 0.6) is 11.5 Å². The number of unbranched alkanes of at least 4 members (excludes halogenated alkanes) is 2. The van der Waals surface area contributed by atoms with Gasteiger partial charge in [0.2, 0.25) is 0 Å². The molecule has 1 saturated heterocycles. The molecule has 3 rings (SSSR count). The van der Waals surface area contributed by atoms with Gasteiger partial charge in [0.1, 0.15) is 17.3 Å². The summed E-state index contributed by atoms with van der Waals surface area (Å²) in [7, 11) is 1.55. The summed E-state index contributed by atoms with van der Waals surface area (Å²) >= 11 is 0. The maximum Gasteiger partial charge on any atom is 0.295 e. The summed E-state index contributed by atoms with van der Waals surface area (Å²) < 4.78 is 11.2. The summed E-state index contributed by atoms with van der Waals surface area (Å²) in [6.07, 6.45) is 3.90. The van der Waals surface area contributed by atoms with Crippen molar-refractivity contribution >= 4 is 17.4 Å². The molecule has 0 spiro atoms. The number of nitrogens with zero attached hydrogens (tertiary/aromatic N) is 1. The van der Waals surface area contributed by atoms with Crippen molar-refractivity contribution in [1.29, 1.82) is 0 Å². The average molecular weight is 438 g/mol. The van der Waals surface area contributed by atoms with Crippen LogP contribution in [0, 0.1) is 0 Å². The van der Waals surface area contributed by atoms with Crippen LogP contribution in [0.15, 0.2) is 54.1 Å². The van der Waals surface area contributed by atoms with Gasteiger partial charge >= 0.3 is 0 Å². The largest absolute Gasteiger partial charge is 0.507 e. The van der Waals surface area contributed by atoms with E-state index >= 15 is 0 Å². The Labute approximate surface area is 189 Å². The number of aliphatic hydroxyl groups is 1. The van der Waals surface area contributed by atoms with Crippen molar-refractivity contribution in [3.05, 3.63) is 65.2 Å². The van der Waals surface area contributed by atoms with Crippen LogP contribution < -0.4 is 9.47 Å². The average Bonchev–Trinajstić information content (AvgIpc) is 3.07. The molecule has 0 saturated carbocycles. The standard InChI is InChI=1S/C26H31NO5/c1-4-6-9-17-32-19-14-12-18(13-15-19)24(28)22-23(20-10-7-8-11-21(20)31-3)27(16-5-2)26(30)25(22)29/h7-8,10-15,23,28H,4-6,9,16-17H2,1-3H3/b24-22-. The topological polar surface area (TPSA) is 76.1 Å². The van der Waals surface area contributed by atoms with E-state index in [1.165, 1.54) is 4.90 Å². The zero-order chi connectivity index (χ0) is 23.1. The number of amides is 1. The summed E-state index contributed by atoms with van der Waals surface area (Å²) in [5.41, 5.74) is 1.20. The Morgan fingerprint density at radius 2 is 1.72 bits per heavy atom. The second-order valence-electron chi connectivity index (χ2n) is 7.81. The van der Waals surface area contributed by atoms with Crippen LogP contribution in [-0.4, -0.2) is 42.0 Å². The number of ether oxygens (including phenoxy) is 2. The fraction of sp³-hybridized carbons (Fsp3) is 0.385. The molecule has 170 valence electrons. The van der Waals surface area contributed by atoms with Crippen LogP contribution in [0.4, 0.5) is 0 Å². The first-order valence-corrected chi connectivity index (χ1v) is 11.2. The van der Waals surface area contributed by atoms with Gasteiger partial charge in [0.05, 0.1) is 25.3 Å². The van der Waals surface area contributed by atoms with Gasteiger partial charge in [0.25, 0.3) is 11.7 Å². The van der Waals surface area contributed by atoms with Crippen molar-refractivity contribution in [2.45, 2.75) is 45.6 Å². The van der Waals surface area contributed by atoms with Gasteiger partial charge in [-0.1, -0.05) is 44.9 Å². The predicted octanol–water partition coefficient (Wildman–Crippen LogP) is 5.10. The van der Waals surface area contributed by atoms with Crippen molar-refractivity contribution < 1.29 is 24.2 Å². The molecule has 0 aromatic heterocycles. The first kappa shape index (κ1) is 23.4. The van der Waals surface area contributed by atoms with Crippen molar-refractivity contribution in [3.8, 4) is 11.5 Å². The third-order valence-corrected chi connectivity index (χ3v) is 5.58. The lowest BCUT2D eigenvalue weighted by Crippen LogP contribution is -2.30. The monoisotopic (exact) mass is 437 g/mol. The van der Waals surface area contributed by atoms with E-state index in [9.17, 15) is 14.7 Å². The number of hydrogen-bond donors (Lipinski definition) is 1. The lowest BCUT2D eigenvalue weighted by molar-refractivity contribution is -0.139. The van der Waals surface area contributed by atoms with Gasteiger partial charge in [-0.2, -0.15) is 0 Å². The molecule has 1 heterocycles. The summed E-state index contributed by atoms with van der Waals surface area (Å²) in [5, 5.41) is 11.1. The van der Waals surface area contributed by atoms with Crippen LogP contribution in [0.3, 0.4) is 0 Å². The normalized spacial score (nSPS) is 17.6. The number of Topliss-reactive ketones (excluding diaryl/α,β-unsaturated/α-hetero) is 1. The Morgan fingerprint density at radius 3 is 2.38 bits per heavy atom. The number of likely N-dealkylation sites (tertiary alicyclic amines) is 1. The van der Waals surface area contributed by atoms with Crippen LogP contribution in [0.2, 0.25) is 0 Å². The maximum absolute atomic E-state index is 13.0. The highest BCUT2D eigenvalue weighted by Crippen LogP contribution is 2.42. The molecule has 2 aromatic rings. The molecule has 0 radical (unpaired) electrons. The molecule has 6 nitrogen and oxygen atoms in total. The number of carbonyl (C=O) groups is 2. The first-order chi connectivity index (χ1) is 15.5. The van der Waals surface area contributed by atoms with Gasteiger partial charge in [-0.25, -0.2) is 0 Å². The van der Waals surface area contributed by atoms with E-state index in [-0.39, 0.29) is 11.3 Å². The number of hydrogen-bond acceptors (Lipinski definition) is 5. The second kappa shape index (κ2) is 10.8. The number of benzene rings is 2. The van der Waals surface area contributed by atoms with Crippen LogP contribution in [0.1, 0.15) is 56.7 Å². The zero-order valence-corrected chi connectivity index (χ0v) is 19.0. The first-order valence-electron chi connectivity index (χ1n) is 11.2. The summed E-state index contributed by atoms with van der Waals surface area (Å²) in [6.45, 7) is 5.11. The highest BCUT2D eigenvalue weighted by Gasteiger charge is 2.46. The Balaban J connectivity index is 2.00. The van der Waals surface area contributed by atoms with E-state index in [0.29, 0.717) is 42.2 Å². The van der Waals surface area contributed by atoms with Crippen molar-refractivity contribution in [2.24, 2.45) is 0 Å². The Bertz CT molecular complexity index is 980. The molecule has 1 aliphatic rings. The third-order valence-electron chi connectivity index (χ3n) is 5.58. The molecule has 0 aliphatic carbocycles. The number of para-hydroxylation sites is 1. The maximum atomic E-state index is 13.0. The fourth-order valence-corrected chi connectivity index (χ4v) is 3.97. The van der Waals surface area contributed by atoms with Crippen molar-refractivity contribution in [1.82, 2.24) is 4.90 Å². The van der Waals surface area contributed by atoms with E-state index in [1.807, 2.05) is 25.1 Å². The van der Waals surface area contributed by atoms with Gasteiger partial charge in [-0.05, 0) is 43.2 Å². The summed E-state index contributed by atoms with van der Waals surface area (Å²) in [6, 6.07) is 13.5. The highest BCUT2D eigenvalue weighted by molar-refractivity contribution is 6.46. The molecule has 32 heavy (non-hydrogen) atoms. The van der Waals surface area contributed by atoms with E-state index in [1.54, 1.807) is 37.4 Å². The molecule has 1 aliphatic heterocycles. The number of rotatable bonds is 10. The molecular weight excluding hydrogens is 406 g/mol. The molecule has 2 aromatic carbocycles. The number of carbonyl (C=O) groups excluding carboxylic acids is 2. The molecule has 1 fully saturated rings. The minimum atomic E-state index is -0.712. The van der Waals surface area contributed by atoms with E-state index in [2.05, 4.69) is 6.92 Å². The van der Waals surface area contributed by atoms with Crippen LogP contribution >= 0.6 is 0 Å². The molecule has 0 bridgehead atoms. The smallest absolute Gasteiger partial charge is 0.295 e. The third kappa shape index (κ3) is 4.79. The molecule has 1 amide bonds. The molecular formula is C26H31NO5. The second-order valence-corrected chi connectivity index (χ2v) is 7.81. The van der Waals surface area contributed by atoms with Gasteiger partial charge in [0.15, 0.2) is 0 Å². The quantitative estimate of drug-likeness (QED) is 0.242. The lowest BCUT2D eigenvalue weighted by Gasteiger charge is -2.26. The highest BCUT2D eigenvalue weighted by atomic mass is 16.5. The Morgan fingerprint density at radius 1 is 1.00 bits per heavy atom. The lowest BCUT2D eigenvalue weighted by atomic mass is 9.94. The van der Waals surface area contributed by atoms with Crippen molar-refractivity contribution in [3.63, 3.8) is 0 Å². The number of ketones is 1. The summed E-state index contributed by atoms with van der Waals surface area (Å²) in [4.78, 5) is 27.3. The zero-order valence-electron chi connectivity index (χ0n) is 19.0. The molecule has 1 unspecified atom stereocenters. The molecule has 6 heteroatoms.